The van der Waals surface area contributed by atoms with Crippen molar-refractivity contribution in [1.29, 1.82) is 0 Å². The summed E-state index contributed by atoms with van der Waals surface area (Å²) in [6, 6.07) is 17.1. The number of rotatable bonds is 1. The van der Waals surface area contributed by atoms with Gasteiger partial charge in [-0.25, -0.2) is 0 Å². The highest BCUT2D eigenvalue weighted by Crippen LogP contribution is 2.34. The Hall–Kier alpha value is -2.61. The van der Waals surface area contributed by atoms with Crippen LogP contribution in [-0.2, 0) is 0 Å². The predicted octanol–water partition coefficient (Wildman–Crippen LogP) is 4.96. The van der Waals surface area contributed by atoms with Gasteiger partial charge >= 0.3 is 0 Å². The minimum Gasteiger partial charge on any atom is -0.455 e. The van der Waals surface area contributed by atoms with E-state index in [1.165, 1.54) is 6.20 Å². The van der Waals surface area contributed by atoms with Crippen LogP contribution in [0.5, 0.6) is 0 Å². The van der Waals surface area contributed by atoms with Gasteiger partial charge in [-0.15, -0.1) is 0 Å². The van der Waals surface area contributed by atoms with Crippen LogP contribution in [0, 0.1) is 6.85 Å². The molecule has 4 aromatic rings. The Labute approximate surface area is 120 Å². The van der Waals surface area contributed by atoms with Crippen LogP contribution in [0.25, 0.3) is 33.2 Å². The molecule has 0 fully saturated rings. The van der Waals surface area contributed by atoms with Crippen molar-refractivity contribution in [2.75, 3.05) is 0 Å². The first-order valence-electron chi connectivity index (χ1n) is 7.91. The molecule has 0 saturated carbocycles. The van der Waals surface area contributed by atoms with Crippen molar-refractivity contribution in [3.05, 3.63) is 66.4 Å². The Morgan fingerprint density at radius 2 is 1.85 bits per heavy atom. The van der Waals surface area contributed by atoms with Gasteiger partial charge in [0.1, 0.15) is 11.2 Å². The minimum atomic E-state index is -2.14. The van der Waals surface area contributed by atoms with Crippen LogP contribution in [0.4, 0.5) is 0 Å². The van der Waals surface area contributed by atoms with Gasteiger partial charge in [-0.1, -0.05) is 36.4 Å². The van der Waals surface area contributed by atoms with Gasteiger partial charge in [-0.2, -0.15) is 0 Å². The maximum absolute atomic E-state index is 7.43. The Kier molecular flexibility index (Phi) is 1.79. The number of fused-ring (bicyclic) bond motifs is 3. The van der Waals surface area contributed by atoms with E-state index in [0.717, 1.165) is 27.5 Å². The van der Waals surface area contributed by atoms with E-state index in [-0.39, 0.29) is 5.56 Å². The fourth-order valence-corrected chi connectivity index (χ4v) is 2.50. The zero-order chi connectivity index (χ0) is 16.0. The summed E-state index contributed by atoms with van der Waals surface area (Å²) in [4.78, 5) is 4.32. The molecule has 0 spiro atoms. The third kappa shape index (κ3) is 1.62. The monoisotopic (exact) mass is 262 g/mol. The Morgan fingerprint density at radius 1 is 0.950 bits per heavy atom. The van der Waals surface area contributed by atoms with Crippen molar-refractivity contribution in [3.63, 3.8) is 0 Å². The molecule has 0 aliphatic rings. The van der Waals surface area contributed by atoms with E-state index in [1.54, 1.807) is 12.1 Å². The molecule has 0 N–H and O–H groups in total. The summed E-state index contributed by atoms with van der Waals surface area (Å²) >= 11 is 0. The third-order valence-electron chi connectivity index (χ3n) is 3.44. The number of hydrogen-bond donors (Lipinski definition) is 0. The second-order valence-corrected chi connectivity index (χ2v) is 4.71. The molecule has 4 rings (SSSR count). The molecule has 0 aliphatic heterocycles. The lowest BCUT2D eigenvalue weighted by Gasteiger charge is -2.02. The third-order valence-corrected chi connectivity index (χ3v) is 3.44. The van der Waals surface area contributed by atoms with E-state index in [1.807, 2.05) is 42.5 Å². The van der Waals surface area contributed by atoms with Crippen LogP contribution in [0.1, 0.15) is 9.68 Å². The van der Waals surface area contributed by atoms with Crippen LogP contribution in [-0.4, -0.2) is 4.98 Å². The number of furan rings is 1. The van der Waals surface area contributed by atoms with Crippen LogP contribution < -0.4 is 0 Å². The topological polar surface area (TPSA) is 26.0 Å². The van der Waals surface area contributed by atoms with E-state index in [0.29, 0.717) is 5.69 Å². The van der Waals surface area contributed by atoms with Crippen LogP contribution in [0.2, 0.25) is 0 Å². The molecule has 20 heavy (non-hydrogen) atoms. The molecular weight excluding hydrogens is 246 g/mol. The van der Waals surface area contributed by atoms with E-state index in [2.05, 4.69) is 4.98 Å². The average molecular weight is 262 g/mol. The van der Waals surface area contributed by atoms with Crippen LogP contribution in [0.3, 0.4) is 0 Å². The number of pyridine rings is 1. The molecule has 0 bridgehead atoms. The molecule has 0 saturated heterocycles. The maximum atomic E-state index is 7.43. The van der Waals surface area contributed by atoms with Crippen molar-refractivity contribution in [2.45, 2.75) is 6.85 Å². The molecule has 0 unspecified atom stereocenters. The van der Waals surface area contributed by atoms with Gasteiger partial charge in [-0.3, -0.25) is 4.98 Å². The lowest BCUT2D eigenvalue weighted by Crippen LogP contribution is -1.84. The highest BCUT2D eigenvalue weighted by Gasteiger charge is 2.11. The molecule has 2 nitrogen and oxygen atoms in total. The van der Waals surface area contributed by atoms with Gasteiger partial charge in [0, 0.05) is 26.6 Å². The molecular formula is C18H13NO. The van der Waals surface area contributed by atoms with Crippen molar-refractivity contribution in [2.24, 2.45) is 0 Å². The van der Waals surface area contributed by atoms with Gasteiger partial charge < -0.3 is 4.42 Å². The number of aromatic nitrogens is 1. The molecule has 0 aliphatic carbocycles. The van der Waals surface area contributed by atoms with Crippen LogP contribution in [0.15, 0.2) is 65.2 Å². The van der Waals surface area contributed by atoms with Crippen molar-refractivity contribution >= 4 is 21.9 Å². The molecule has 96 valence electrons. The first-order valence-corrected chi connectivity index (χ1v) is 6.41. The minimum absolute atomic E-state index is 0.234. The quantitative estimate of drug-likeness (QED) is 0.484. The summed E-state index contributed by atoms with van der Waals surface area (Å²) in [5.41, 5.74) is 3.38. The second kappa shape index (κ2) is 4.20. The highest BCUT2D eigenvalue weighted by atomic mass is 16.3. The molecule has 2 heterocycles. The van der Waals surface area contributed by atoms with E-state index < -0.39 is 6.85 Å². The number of aryl methyl sites for hydroxylation is 1. The van der Waals surface area contributed by atoms with Crippen molar-refractivity contribution in [1.82, 2.24) is 4.98 Å². The number of para-hydroxylation sites is 2. The van der Waals surface area contributed by atoms with Gasteiger partial charge in [0.25, 0.3) is 0 Å². The van der Waals surface area contributed by atoms with E-state index >= 15 is 0 Å². The lowest BCUT2D eigenvalue weighted by molar-refractivity contribution is 0.670. The number of benzene rings is 2. The Bertz CT molecular complexity index is 1000. The SMILES string of the molecule is [2H]C([2H])([2H])c1ccc(-c2cccc3c2oc2ccccc23)nc1. The molecule has 2 heteroatoms. The first-order chi connectivity index (χ1) is 11.0. The number of nitrogens with zero attached hydrogens (tertiary/aromatic N) is 1. The summed E-state index contributed by atoms with van der Waals surface area (Å²) in [5, 5.41) is 2.09. The fourth-order valence-electron chi connectivity index (χ4n) is 2.50. The summed E-state index contributed by atoms with van der Waals surface area (Å²) < 4.78 is 28.3. The average Bonchev–Trinajstić information content (AvgIpc) is 2.93. The van der Waals surface area contributed by atoms with Gasteiger partial charge in [0.15, 0.2) is 0 Å². The Balaban J connectivity index is 1.92. The largest absolute Gasteiger partial charge is 0.455 e. The maximum Gasteiger partial charge on any atom is 0.144 e. The molecule has 2 aromatic carbocycles. The summed E-state index contributed by atoms with van der Waals surface area (Å²) in [6.45, 7) is -2.14. The van der Waals surface area contributed by atoms with Crippen molar-refractivity contribution in [3.8, 4) is 11.3 Å². The zero-order valence-electron chi connectivity index (χ0n) is 13.6. The number of hydrogen-bond acceptors (Lipinski definition) is 2. The predicted molar refractivity (Wildman–Crippen MR) is 81.7 cm³/mol. The molecule has 0 atom stereocenters. The normalized spacial score (nSPS) is 14.1. The van der Waals surface area contributed by atoms with E-state index in [4.69, 9.17) is 8.53 Å². The second-order valence-electron chi connectivity index (χ2n) is 4.71. The summed E-state index contributed by atoms with van der Waals surface area (Å²) in [6.07, 6.45) is 1.41. The zero-order valence-corrected chi connectivity index (χ0v) is 10.6. The summed E-state index contributed by atoms with van der Waals surface area (Å²) in [5.74, 6) is 0. The highest BCUT2D eigenvalue weighted by molar-refractivity contribution is 6.09. The molecule has 0 radical (unpaired) electrons. The van der Waals surface area contributed by atoms with E-state index in [9.17, 15) is 0 Å². The van der Waals surface area contributed by atoms with Crippen LogP contribution >= 0.6 is 0 Å². The van der Waals surface area contributed by atoms with Crippen molar-refractivity contribution < 1.29 is 8.53 Å². The first kappa shape index (κ1) is 8.54. The van der Waals surface area contributed by atoms with Gasteiger partial charge in [0.2, 0.25) is 0 Å². The Morgan fingerprint density at radius 3 is 2.70 bits per heavy atom. The molecule has 0 amide bonds. The standard InChI is InChI=1S/C18H13NO/c1-12-9-10-16(19-11-12)15-7-4-6-14-13-5-2-3-8-17(13)20-18(14)15/h2-11H,1H3/i1D3. The smallest absolute Gasteiger partial charge is 0.144 e. The lowest BCUT2D eigenvalue weighted by atomic mass is 10.1. The molecule has 2 aromatic heterocycles. The summed E-state index contributed by atoms with van der Waals surface area (Å²) in [7, 11) is 0. The van der Waals surface area contributed by atoms with Gasteiger partial charge in [-0.05, 0) is 30.6 Å². The fraction of sp³-hybridized carbons (Fsp3) is 0.0556. The van der Waals surface area contributed by atoms with Gasteiger partial charge in [0.05, 0.1) is 5.69 Å².